The summed E-state index contributed by atoms with van der Waals surface area (Å²) in [7, 11) is 0. The van der Waals surface area contributed by atoms with Crippen LogP contribution in [0.4, 0.5) is 11.4 Å². The van der Waals surface area contributed by atoms with Gasteiger partial charge in [-0.05, 0) is 61.6 Å². The molecule has 0 saturated heterocycles. The van der Waals surface area contributed by atoms with Crippen LogP contribution in [0, 0.1) is 34.6 Å². The quantitative estimate of drug-likeness (QED) is 0.267. The second-order valence-electron chi connectivity index (χ2n) is 6.67. The van der Waals surface area contributed by atoms with E-state index in [0.29, 0.717) is 0 Å². The number of aromatic nitrogens is 1. The summed E-state index contributed by atoms with van der Waals surface area (Å²) in [6, 6.07) is 16.4. The van der Waals surface area contributed by atoms with Gasteiger partial charge in [0.15, 0.2) is 0 Å². The van der Waals surface area contributed by atoms with Crippen molar-refractivity contribution >= 4 is 23.8 Å². The molecule has 0 unspecified atom stereocenters. The number of hydrogen-bond acceptors (Lipinski definition) is 3. The number of aliphatic imine (C=N–C) groups is 2. The average Bonchev–Trinajstić information content (AvgIpc) is 2.69. The van der Waals surface area contributed by atoms with E-state index in [1.54, 1.807) is 12.4 Å². The molecule has 0 saturated carbocycles. The molecule has 3 aromatic rings. The Morgan fingerprint density at radius 1 is 0.793 bits per heavy atom. The Kier molecular flexibility index (Phi) is 10.7. The van der Waals surface area contributed by atoms with Gasteiger partial charge in [-0.2, -0.15) is 0 Å². The molecule has 0 amide bonds. The van der Waals surface area contributed by atoms with Crippen molar-refractivity contribution in [3.05, 3.63) is 95.7 Å². The first-order valence-electron chi connectivity index (χ1n) is 9.38. The predicted molar refractivity (Wildman–Crippen MR) is 121 cm³/mol. The van der Waals surface area contributed by atoms with Gasteiger partial charge in [0.2, 0.25) is 0 Å². The van der Waals surface area contributed by atoms with Gasteiger partial charge >= 0.3 is 0 Å². The largest absolute Gasteiger partial charge is 0.364 e. The number of rotatable bonds is 4. The third kappa shape index (κ3) is 7.69. The maximum atomic E-state index is 4.55. The number of para-hydroxylation sites is 2. The van der Waals surface area contributed by atoms with Gasteiger partial charge in [0.1, 0.15) is 0 Å². The van der Waals surface area contributed by atoms with E-state index in [4.69, 9.17) is 0 Å². The molecule has 0 aliphatic rings. The second-order valence-corrected chi connectivity index (χ2v) is 6.67. The molecule has 29 heavy (non-hydrogen) atoms. The van der Waals surface area contributed by atoms with Crippen molar-refractivity contribution in [2.75, 3.05) is 0 Å². The summed E-state index contributed by atoms with van der Waals surface area (Å²) in [5.41, 5.74) is 8.14. The van der Waals surface area contributed by atoms with Gasteiger partial charge < -0.3 is 6.92 Å². The number of pyridine rings is 1. The first kappa shape index (κ1) is 24.4. The van der Waals surface area contributed by atoms with Crippen LogP contribution in [0.15, 0.2) is 70.9 Å². The number of benzene rings is 2. The molecule has 3 rings (SSSR count). The molecule has 152 valence electrons. The molecule has 3 nitrogen and oxygen atoms in total. The fourth-order valence-electron chi connectivity index (χ4n) is 2.87. The zero-order valence-corrected chi connectivity index (χ0v) is 18.6. The summed E-state index contributed by atoms with van der Waals surface area (Å²) in [5, 5.41) is 0. The van der Waals surface area contributed by atoms with Crippen LogP contribution in [-0.2, 0) is 23.5 Å². The standard InChI is InChI=1S/C15H16N2.C10H12N.Fe/c1-12-5-3-6-13(2)15(12)17-10-8-14-7-4-9-16-11-14;1-4-11-10-8(2)6-5-7-9(10)3;/h3-7,9-11H,8H2,1-2H3;4-7H,1H2,2-3H3;/q;-1;. The minimum Gasteiger partial charge on any atom is -0.364 e. The van der Waals surface area contributed by atoms with Crippen molar-refractivity contribution < 1.29 is 17.1 Å². The van der Waals surface area contributed by atoms with Gasteiger partial charge in [0.05, 0.1) is 11.4 Å². The Bertz CT molecular complexity index is 907. The molecular weight excluding hydrogens is 398 g/mol. The summed E-state index contributed by atoms with van der Waals surface area (Å²) >= 11 is 0. The molecule has 4 heteroatoms. The van der Waals surface area contributed by atoms with E-state index in [9.17, 15) is 0 Å². The summed E-state index contributed by atoms with van der Waals surface area (Å²) in [4.78, 5) is 12.8. The van der Waals surface area contributed by atoms with Crippen LogP contribution in [0.5, 0.6) is 0 Å². The van der Waals surface area contributed by atoms with Gasteiger partial charge in [-0.3, -0.25) is 15.0 Å². The third-order valence-electron chi connectivity index (χ3n) is 4.37. The second kappa shape index (κ2) is 12.7. The van der Waals surface area contributed by atoms with Crippen LogP contribution in [0.3, 0.4) is 0 Å². The van der Waals surface area contributed by atoms with Crippen LogP contribution in [0.1, 0.15) is 27.8 Å². The van der Waals surface area contributed by atoms with E-state index in [1.807, 2.05) is 24.5 Å². The molecule has 1 heterocycles. The zero-order valence-electron chi connectivity index (χ0n) is 17.5. The van der Waals surface area contributed by atoms with Crippen molar-refractivity contribution in [2.24, 2.45) is 9.98 Å². The van der Waals surface area contributed by atoms with Crippen LogP contribution in [0.2, 0.25) is 0 Å². The molecule has 1 aromatic heterocycles. The molecular formula is C25H28FeN3-. The molecule has 0 spiro atoms. The van der Waals surface area contributed by atoms with E-state index in [2.05, 4.69) is 86.0 Å². The summed E-state index contributed by atoms with van der Waals surface area (Å²) in [5.74, 6) is 0. The van der Waals surface area contributed by atoms with E-state index < -0.39 is 0 Å². The van der Waals surface area contributed by atoms with E-state index in [0.717, 1.165) is 17.8 Å². The van der Waals surface area contributed by atoms with Gasteiger partial charge in [-0.15, -0.1) is 6.21 Å². The van der Waals surface area contributed by atoms with Crippen LogP contribution in [0.25, 0.3) is 0 Å². The first-order chi connectivity index (χ1) is 13.5. The van der Waals surface area contributed by atoms with Crippen molar-refractivity contribution in [3.63, 3.8) is 0 Å². The molecule has 0 fully saturated rings. The molecule has 2 aromatic carbocycles. The van der Waals surface area contributed by atoms with Gasteiger partial charge in [0, 0.05) is 42.1 Å². The maximum Gasteiger partial charge on any atom is 0.0684 e. The van der Waals surface area contributed by atoms with Gasteiger partial charge in [0.25, 0.3) is 0 Å². The monoisotopic (exact) mass is 426 g/mol. The predicted octanol–water partition coefficient (Wildman–Crippen LogP) is 6.48. The van der Waals surface area contributed by atoms with Crippen LogP contribution >= 0.6 is 0 Å². The zero-order chi connectivity index (χ0) is 20.4. The third-order valence-corrected chi connectivity index (χ3v) is 4.37. The smallest absolute Gasteiger partial charge is 0.0684 e. The minimum atomic E-state index is 0. The van der Waals surface area contributed by atoms with Crippen molar-refractivity contribution in [1.82, 2.24) is 4.98 Å². The Morgan fingerprint density at radius 3 is 1.76 bits per heavy atom. The SMILES string of the molecule is Cc1cccc(C)c1N=CCc1cccnc1.[CH2-]C=Nc1c(C)cccc1C.[Fe]. The summed E-state index contributed by atoms with van der Waals surface area (Å²) in [6.07, 6.45) is 8.01. The number of hydrogen-bond donors (Lipinski definition) is 0. The fraction of sp³-hybridized carbons (Fsp3) is 0.200. The van der Waals surface area contributed by atoms with E-state index in [-0.39, 0.29) is 17.1 Å². The van der Waals surface area contributed by atoms with Gasteiger partial charge in [-0.1, -0.05) is 42.5 Å². The first-order valence-corrected chi connectivity index (χ1v) is 9.38. The minimum absolute atomic E-state index is 0. The molecule has 0 aliphatic carbocycles. The Hall–Kier alpha value is -2.68. The number of aryl methyl sites for hydroxylation is 4. The fourth-order valence-corrected chi connectivity index (χ4v) is 2.87. The van der Waals surface area contributed by atoms with Crippen molar-refractivity contribution in [2.45, 2.75) is 34.1 Å². The molecule has 0 atom stereocenters. The van der Waals surface area contributed by atoms with E-state index >= 15 is 0 Å². The normalized spacial score (nSPS) is 10.5. The maximum absolute atomic E-state index is 4.55. The summed E-state index contributed by atoms with van der Waals surface area (Å²) in [6.45, 7) is 11.8. The molecule has 0 aliphatic heterocycles. The van der Waals surface area contributed by atoms with Crippen LogP contribution in [-0.4, -0.2) is 17.4 Å². The van der Waals surface area contributed by atoms with E-state index in [1.165, 1.54) is 27.8 Å². The summed E-state index contributed by atoms with van der Waals surface area (Å²) < 4.78 is 0. The molecule has 0 N–H and O–H groups in total. The van der Waals surface area contributed by atoms with Gasteiger partial charge in [-0.25, -0.2) is 0 Å². The molecule has 0 bridgehead atoms. The Labute approximate surface area is 185 Å². The number of nitrogens with zero attached hydrogens (tertiary/aromatic N) is 3. The van der Waals surface area contributed by atoms with Crippen molar-refractivity contribution in [3.8, 4) is 0 Å². The molecule has 0 radical (unpaired) electrons. The topological polar surface area (TPSA) is 37.6 Å². The average molecular weight is 426 g/mol. The Morgan fingerprint density at radius 2 is 1.31 bits per heavy atom. The van der Waals surface area contributed by atoms with Crippen LogP contribution < -0.4 is 0 Å². The van der Waals surface area contributed by atoms with Crippen molar-refractivity contribution in [1.29, 1.82) is 0 Å². The Balaban J connectivity index is 0.000000306.